The number of amides is 2. The quantitative estimate of drug-likeness (QED) is 0.755. The van der Waals surface area contributed by atoms with E-state index in [4.69, 9.17) is 0 Å². The lowest BCUT2D eigenvalue weighted by Crippen LogP contribution is -2.68. The van der Waals surface area contributed by atoms with Gasteiger partial charge in [0.1, 0.15) is 0 Å². The summed E-state index contributed by atoms with van der Waals surface area (Å²) < 4.78 is 0. The number of benzene rings is 1. The average Bonchev–Trinajstić information content (AvgIpc) is 3.47. The maximum atomic E-state index is 12.1. The fourth-order valence-electron chi connectivity index (χ4n) is 3.86. The molecule has 0 unspecified atom stereocenters. The van der Waals surface area contributed by atoms with Gasteiger partial charge in [0.2, 0.25) is 11.8 Å². The molecule has 1 heterocycles. The van der Waals surface area contributed by atoms with Gasteiger partial charge in [-0.25, -0.2) is 0 Å². The second-order valence-electron chi connectivity index (χ2n) is 7.46. The molecular weight excluding hydrogens is 340 g/mol. The molecule has 0 bridgehead atoms. The van der Waals surface area contributed by atoms with Crippen molar-refractivity contribution in [1.29, 1.82) is 0 Å². The summed E-state index contributed by atoms with van der Waals surface area (Å²) in [5.74, 6) is 6.44. The van der Waals surface area contributed by atoms with Crippen LogP contribution in [0.5, 0.6) is 0 Å². The number of carbonyl (C=O) groups is 2. The third-order valence-electron chi connectivity index (χ3n) is 5.43. The molecule has 5 nitrogen and oxygen atoms in total. The van der Waals surface area contributed by atoms with E-state index in [1.54, 1.807) is 4.90 Å². The number of hydrogen-bond donors (Lipinski definition) is 2. The Hall–Kier alpha value is -2.32. The first-order valence-corrected chi connectivity index (χ1v) is 9.83. The lowest BCUT2D eigenvalue weighted by molar-refractivity contribution is -0.148. The Morgan fingerprint density at radius 3 is 2.48 bits per heavy atom. The van der Waals surface area contributed by atoms with Crippen molar-refractivity contribution in [3.63, 3.8) is 0 Å². The van der Waals surface area contributed by atoms with Gasteiger partial charge in [-0.2, -0.15) is 0 Å². The van der Waals surface area contributed by atoms with E-state index in [9.17, 15) is 14.7 Å². The third-order valence-corrected chi connectivity index (χ3v) is 5.43. The highest BCUT2D eigenvalue weighted by atomic mass is 16.3. The summed E-state index contributed by atoms with van der Waals surface area (Å²) >= 11 is 0. The number of unbranched alkanes of at least 4 members (excludes halogenated alkanes) is 1. The normalized spacial score (nSPS) is 23.8. The average molecular weight is 368 g/mol. The minimum absolute atomic E-state index is 0.0102. The molecule has 2 aliphatic rings. The van der Waals surface area contributed by atoms with E-state index in [-0.39, 0.29) is 42.3 Å². The van der Waals surface area contributed by atoms with Crippen LogP contribution in [0.4, 0.5) is 0 Å². The second kappa shape index (κ2) is 8.58. The van der Waals surface area contributed by atoms with Crippen molar-refractivity contribution < 1.29 is 14.7 Å². The highest BCUT2D eigenvalue weighted by Gasteiger charge is 2.50. The van der Waals surface area contributed by atoms with Crippen molar-refractivity contribution in [3.8, 4) is 11.8 Å². The smallest absolute Gasteiger partial charge is 0.223 e. The molecule has 27 heavy (non-hydrogen) atoms. The molecule has 144 valence electrons. The fourth-order valence-corrected chi connectivity index (χ4v) is 3.86. The van der Waals surface area contributed by atoms with Crippen LogP contribution in [0, 0.1) is 17.8 Å². The first-order valence-electron chi connectivity index (χ1n) is 9.83. The van der Waals surface area contributed by atoms with Crippen molar-refractivity contribution in [2.75, 3.05) is 13.2 Å². The molecule has 2 amide bonds. The summed E-state index contributed by atoms with van der Waals surface area (Å²) in [5, 5.41) is 12.8. The van der Waals surface area contributed by atoms with Crippen LogP contribution in [0.3, 0.4) is 0 Å². The van der Waals surface area contributed by atoms with E-state index in [2.05, 4.69) is 24.1 Å². The molecule has 0 spiro atoms. The summed E-state index contributed by atoms with van der Waals surface area (Å²) in [5.41, 5.74) is 2.03. The molecule has 1 saturated carbocycles. The van der Waals surface area contributed by atoms with Gasteiger partial charge in [-0.1, -0.05) is 30.9 Å². The van der Waals surface area contributed by atoms with Crippen LogP contribution >= 0.6 is 0 Å². The molecule has 1 saturated heterocycles. The summed E-state index contributed by atoms with van der Waals surface area (Å²) in [6.45, 7) is 3.96. The molecule has 3 atom stereocenters. The van der Waals surface area contributed by atoms with Gasteiger partial charge in [-0.15, -0.1) is 0 Å². The Morgan fingerprint density at radius 2 is 1.93 bits per heavy atom. The highest BCUT2D eigenvalue weighted by molar-refractivity contribution is 5.81. The predicted molar refractivity (Wildman–Crippen MR) is 104 cm³/mol. The Morgan fingerprint density at radius 1 is 1.22 bits per heavy atom. The molecule has 2 N–H and O–H groups in total. The maximum Gasteiger partial charge on any atom is 0.223 e. The molecule has 1 aromatic rings. The number of aliphatic hydroxyl groups excluding tert-OH is 1. The summed E-state index contributed by atoms with van der Waals surface area (Å²) in [6, 6.07) is 7.65. The lowest BCUT2D eigenvalue weighted by Gasteiger charge is -2.54. The zero-order chi connectivity index (χ0) is 19.4. The molecule has 0 aromatic heterocycles. The summed E-state index contributed by atoms with van der Waals surface area (Å²) in [6.07, 6.45) is 3.83. The fraction of sp³-hybridized carbons (Fsp3) is 0.545. The molecule has 1 aliphatic carbocycles. The van der Waals surface area contributed by atoms with Gasteiger partial charge in [0.25, 0.3) is 0 Å². The van der Waals surface area contributed by atoms with Gasteiger partial charge in [0.05, 0.1) is 18.7 Å². The first kappa shape index (κ1) is 19.4. The monoisotopic (exact) mass is 368 g/mol. The molecule has 1 aliphatic heterocycles. The van der Waals surface area contributed by atoms with Crippen LogP contribution < -0.4 is 5.32 Å². The Bertz CT molecular complexity index is 743. The van der Waals surface area contributed by atoms with Crippen LogP contribution in [0.2, 0.25) is 0 Å². The Kier molecular flexibility index (Phi) is 6.18. The minimum atomic E-state index is -0.248. The molecule has 0 radical (unpaired) electrons. The van der Waals surface area contributed by atoms with Gasteiger partial charge in [0.15, 0.2) is 0 Å². The molecular formula is C22H28N2O3. The van der Waals surface area contributed by atoms with Crippen molar-refractivity contribution in [3.05, 3.63) is 35.4 Å². The van der Waals surface area contributed by atoms with E-state index in [0.717, 1.165) is 36.8 Å². The SMILES string of the molecule is CCCC#Cc1ccc([C@H]2[C@@H](CO)N(C(C)=O)[C@H]2CNC(=O)C2CC2)cc1. The molecule has 5 heteroatoms. The number of carbonyl (C=O) groups excluding carboxylic acids is 2. The zero-order valence-corrected chi connectivity index (χ0v) is 16.1. The number of nitrogens with zero attached hydrogens (tertiary/aromatic N) is 1. The number of hydrogen-bond acceptors (Lipinski definition) is 3. The van der Waals surface area contributed by atoms with Crippen LogP contribution in [0.1, 0.15) is 56.6 Å². The van der Waals surface area contributed by atoms with Crippen LogP contribution in [-0.4, -0.2) is 47.1 Å². The summed E-state index contributed by atoms with van der Waals surface area (Å²) in [4.78, 5) is 25.8. The number of nitrogens with one attached hydrogen (secondary N) is 1. The topological polar surface area (TPSA) is 69.6 Å². The number of rotatable bonds is 6. The summed E-state index contributed by atoms with van der Waals surface area (Å²) in [7, 11) is 0. The van der Waals surface area contributed by atoms with Crippen molar-refractivity contribution in [1.82, 2.24) is 10.2 Å². The number of aliphatic hydroxyl groups is 1. The maximum absolute atomic E-state index is 12.1. The van der Waals surface area contributed by atoms with E-state index in [0.29, 0.717) is 6.54 Å². The van der Waals surface area contributed by atoms with E-state index in [1.807, 2.05) is 24.3 Å². The van der Waals surface area contributed by atoms with Gasteiger partial charge >= 0.3 is 0 Å². The number of likely N-dealkylation sites (tertiary alicyclic amines) is 1. The molecule has 3 rings (SSSR count). The standard InChI is InChI=1S/C22H28N2O3/c1-3-4-5-6-16-7-9-17(10-8-16)21-19(13-23-22(27)18-11-12-18)24(15(2)26)20(21)14-25/h7-10,18-21,25H,3-4,11-14H2,1-2H3,(H,23,27)/t19-,20+,21+/m0/s1. The van der Waals surface area contributed by atoms with Crippen LogP contribution in [0.25, 0.3) is 0 Å². The van der Waals surface area contributed by atoms with E-state index in [1.165, 1.54) is 6.92 Å². The van der Waals surface area contributed by atoms with Crippen molar-refractivity contribution in [2.45, 2.75) is 57.5 Å². The van der Waals surface area contributed by atoms with Crippen molar-refractivity contribution >= 4 is 11.8 Å². The second-order valence-corrected chi connectivity index (χ2v) is 7.46. The largest absolute Gasteiger partial charge is 0.394 e. The molecule has 1 aromatic carbocycles. The zero-order valence-electron chi connectivity index (χ0n) is 16.1. The first-order chi connectivity index (χ1) is 13.1. The lowest BCUT2D eigenvalue weighted by atomic mass is 9.75. The van der Waals surface area contributed by atoms with E-state index >= 15 is 0 Å². The van der Waals surface area contributed by atoms with Crippen LogP contribution in [0.15, 0.2) is 24.3 Å². The third kappa shape index (κ3) is 4.33. The van der Waals surface area contributed by atoms with Gasteiger partial charge < -0.3 is 15.3 Å². The highest BCUT2D eigenvalue weighted by Crippen LogP contribution is 2.40. The van der Waals surface area contributed by atoms with Crippen LogP contribution in [-0.2, 0) is 9.59 Å². The van der Waals surface area contributed by atoms with Gasteiger partial charge in [0, 0.05) is 37.3 Å². The molecule has 2 fully saturated rings. The minimum Gasteiger partial charge on any atom is -0.394 e. The van der Waals surface area contributed by atoms with Gasteiger partial charge in [-0.05, 0) is 37.0 Å². The Labute approximate surface area is 161 Å². The van der Waals surface area contributed by atoms with Gasteiger partial charge in [-0.3, -0.25) is 9.59 Å². The van der Waals surface area contributed by atoms with E-state index < -0.39 is 0 Å². The Balaban J connectivity index is 1.74. The predicted octanol–water partition coefficient (Wildman–Crippen LogP) is 2.04. The van der Waals surface area contributed by atoms with Crippen molar-refractivity contribution in [2.24, 2.45) is 5.92 Å².